The zero-order chi connectivity index (χ0) is 26.7. The van der Waals surface area contributed by atoms with Crippen LogP contribution in [-0.4, -0.2) is 74.6 Å². The number of carbonyl (C=O) groups is 5. The van der Waals surface area contributed by atoms with Crippen LogP contribution in [-0.2, 0) is 36.8 Å². The summed E-state index contributed by atoms with van der Waals surface area (Å²) in [5.74, 6) is -4.56. The molecule has 1 aromatic carbocycles. The first-order valence-corrected chi connectivity index (χ1v) is 11.5. The van der Waals surface area contributed by atoms with E-state index in [1.54, 1.807) is 30.3 Å². The van der Waals surface area contributed by atoms with E-state index in [-0.39, 0.29) is 18.6 Å². The third-order valence-corrected chi connectivity index (χ3v) is 5.47. The monoisotopic (exact) mass is 519 g/mol. The Morgan fingerprint density at radius 3 is 2.11 bits per heavy atom. The molecular formula is C22H29N7O6S. The number of hydrogen-bond donors (Lipinski definition) is 8. The van der Waals surface area contributed by atoms with E-state index in [0.717, 1.165) is 0 Å². The van der Waals surface area contributed by atoms with Gasteiger partial charge in [-0.3, -0.25) is 19.2 Å². The second-order valence-corrected chi connectivity index (χ2v) is 8.32. The second kappa shape index (κ2) is 13.8. The Balaban J connectivity index is 2.23. The number of amides is 4. The highest BCUT2D eigenvalue weighted by Gasteiger charge is 2.31. The molecule has 194 valence electrons. The average Bonchev–Trinajstić information content (AvgIpc) is 3.35. The molecule has 0 saturated heterocycles. The van der Waals surface area contributed by atoms with Crippen LogP contribution in [0.2, 0.25) is 0 Å². The molecule has 0 aliphatic heterocycles. The van der Waals surface area contributed by atoms with Gasteiger partial charge in [-0.2, -0.15) is 12.6 Å². The Hall–Kier alpha value is -3.91. The van der Waals surface area contributed by atoms with Crippen molar-refractivity contribution >= 4 is 42.2 Å². The second-order valence-electron chi connectivity index (χ2n) is 7.95. The lowest BCUT2D eigenvalue weighted by molar-refractivity contribution is -0.142. The van der Waals surface area contributed by atoms with Gasteiger partial charge in [-0.05, 0) is 5.56 Å². The van der Waals surface area contributed by atoms with Crippen LogP contribution in [0.5, 0.6) is 0 Å². The maximum atomic E-state index is 13.1. The van der Waals surface area contributed by atoms with E-state index >= 15 is 0 Å². The van der Waals surface area contributed by atoms with Gasteiger partial charge in [0.2, 0.25) is 23.6 Å². The van der Waals surface area contributed by atoms with Crippen molar-refractivity contribution in [3.05, 3.63) is 54.1 Å². The number of benzene rings is 1. The summed E-state index contributed by atoms with van der Waals surface area (Å²) in [6.45, 7) is 0. The van der Waals surface area contributed by atoms with Crippen LogP contribution < -0.4 is 27.4 Å². The number of imidazole rings is 1. The van der Waals surface area contributed by atoms with Crippen molar-refractivity contribution in [2.45, 2.75) is 43.4 Å². The number of nitrogens with zero attached hydrogens (tertiary/aromatic N) is 1. The maximum Gasteiger partial charge on any atom is 0.326 e. The minimum Gasteiger partial charge on any atom is -0.480 e. The number of nitrogens with two attached hydrogens (primary N) is 2. The first-order chi connectivity index (χ1) is 17.1. The van der Waals surface area contributed by atoms with Gasteiger partial charge < -0.3 is 37.5 Å². The van der Waals surface area contributed by atoms with Crippen LogP contribution in [0.1, 0.15) is 17.7 Å². The van der Waals surface area contributed by atoms with Crippen molar-refractivity contribution in [3.8, 4) is 0 Å². The van der Waals surface area contributed by atoms with Crippen LogP contribution in [0.15, 0.2) is 42.9 Å². The average molecular weight is 520 g/mol. The van der Waals surface area contributed by atoms with Crippen molar-refractivity contribution in [1.82, 2.24) is 25.9 Å². The van der Waals surface area contributed by atoms with Gasteiger partial charge in [0.25, 0.3) is 0 Å². The number of aromatic amines is 1. The molecule has 9 N–H and O–H groups in total. The topological polar surface area (TPSA) is 222 Å². The molecule has 1 heterocycles. The third kappa shape index (κ3) is 9.03. The molecule has 13 nitrogen and oxygen atoms in total. The number of nitrogens with one attached hydrogen (secondary N) is 4. The number of aliphatic carboxylic acids is 1. The molecule has 4 unspecified atom stereocenters. The summed E-state index contributed by atoms with van der Waals surface area (Å²) in [5.41, 5.74) is 12.0. The first-order valence-electron chi connectivity index (χ1n) is 10.9. The SMILES string of the molecule is NC(=O)CC(NC(=O)C(N)CS)C(=O)NC(Cc1ccccc1)C(=O)NC(Cc1cnc[nH]1)C(=O)O. The predicted octanol–water partition coefficient (Wildman–Crippen LogP) is -2.13. The summed E-state index contributed by atoms with van der Waals surface area (Å²) in [7, 11) is 0. The van der Waals surface area contributed by atoms with Crippen molar-refractivity contribution in [3.63, 3.8) is 0 Å². The van der Waals surface area contributed by atoms with Crippen molar-refractivity contribution < 1.29 is 29.1 Å². The van der Waals surface area contributed by atoms with Crippen LogP contribution in [0.25, 0.3) is 0 Å². The number of aromatic nitrogens is 2. The molecule has 4 amide bonds. The number of carbonyl (C=O) groups excluding carboxylic acids is 4. The summed E-state index contributed by atoms with van der Waals surface area (Å²) < 4.78 is 0. The Morgan fingerprint density at radius 2 is 1.56 bits per heavy atom. The number of carboxylic acids is 1. The number of carboxylic acid groups (broad SMARTS) is 1. The van der Waals surface area contributed by atoms with Crippen molar-refractivity contribution in [2.24, 2.45) is 11.5 Å². The van der Waals surface area contributed by atoms with E-state index in [0.29, 0.717) is 11.3 Å². The summed E-state index contributed by atoms with van der Waals surface area (Å²) in [4.78, 5) is 68.2. The molecule has 2 aromatic rings. The molecule has 36 heavy (non-hydrogen) atoms. The number of H-pyrrole nitrogens is 1. The molecule has 0 radical (unpaired) electrons. The summed E-state index contributed by atoms with van der Waals surface area (Å²) >= 11 is 3.93. The maximum absolute atomic E-state index is 13.1. The molecule has 0 spiro atoms. The Labute approximate surface area is 212 Å². The lowest BCUT2D eigenvalue weighted by Gasteiger charge is -2.24. The normalized spacial score (nSPS) is 14.1. The van der Waals surface area contributed by atoms with Gasteiger partial charge in [0.15, 0.2) is 0 Å². The fourth-order valence-electron chi connectivity index (χ4n) is 3.19. The lowest BCUT2D eigenvalue weighted by atomic mass is 10.0. The van der Waals surface area contributed by atoms with E-state index in [1.165, 1.54) is 12.5 Å². The number of primary amides is 1. The molecule has 0 saturated carbocycles. The Morgan fingerprint density at radius 1 is 0.944 bits per heavy atom. The molecule has 0 aliphatic rings. The number of hydrogen-bond acceptors (Lipinski definition) is 8. The van der Waals surface area contributed by atoms with Crippen LogP contribution in [0.3, 0.4) is 0 Å². The predicted molar refractivity (Wildman–Crippen MR) is 132 cm³/mol. The van der Waals surface area contributed by atoms with Gasteiger partial charge in [0.1, 0.15) is 18.1 Å². The van der Waals surface area contributed by atoms with Gasteiger partial charge in [0.05, 0.1) is 18.8 Å². The third-order valence-electron chi connectivity index (χ3n) is 5.08. The standard InChI is InChI=1S/C22H29N7O6S/c23-14(10-36)19(31)27-16(8-18(24)30)21(33)28-15(6-12-4-2-1-3-5-12)20(32)29-17(22(34)35)7-13-9-25-11-26-13/h1-5,9,11,14-17,36H,6-8,10,23H2,(H2,24,30)(H,25,26)(H,27,31)(H,28,33)(H,29,32)(H,34,35). The first kappa shape index (κ1) is 28.3. The van der Waals surface area contributed by atoms with Crippen LogP contribution in [0, 0.1) is 0 Å². The quantitative estimate of drug-likeness (QED) is 0.128. The molecule has 0 bridgehead atoms. The number of rotatable bonds is 14. The summed E-state index contributed by atoms with van der Waals surface area (Å²) in [5, 5.41) is 16.8. The molecule has 1 aromatic heterocycles. The molecule has 0 fully saturated rings. The van der Waals surface area contributed by atoms with Crippen molar-refractivity contribution in [1.29, 1.82) is 0 Å². The molecule has 14 heteroatoms. The van der Waals surface area contributed by atoms with E-state index in [2.05, 4.69) is 38.5 Å². The molecule has 4 atom stereocenters. The zero-order valence-electron chi connectivity index (χ0n) is 19.2. The highest BCUT2D eigenvalue weighted by Crippen LogP contribution is 2.07. The van der Waals surface area contributed by atoms with Gasteiger partial charge in [-0.1, -0.05) is 30.3 Å². The fraction of sp³-hybridized carbons (Fsp3) is 0.364. The van der Waals surface area contributed by atoms with Gasteiger partial charge in [-0.15, -0.1) is 0 Å². The van der Waals surface area contributed by atoms with Crippen LogP contribution >= 0.6 is 12.6 Å². The Kier molecular flexibility index (Phi) is 10.9. The molecular weight excluding hydrogens is 490 g/mol. The fourth-order valence-corrected chi connectivity index (χ4v) is 3.36. The molecule has 0 aliphatic carbocycles. The van der Waals surface area contributed by atoms with E-state index in [4.69, 9.17) is 11.5 Å². The van der Waals surface area contributed by atoms with Gasteiger partial charge >= 0.3 is 5.97 Å². The van der Waals surface area contributed by atoms with E-state index in [1.807, 2.05) is 0 Å². The van der Waals surface area contributed by atoms with Gasteiger partial charge in [0, 0.05) is 30.5 Å². The van der Waals surface area contributed by atoms with Gasteiger partial charge in [-0.25, -0.2) is 9.78 Å². The zero-order valence-corrected chi connectivity index (χ0v) is 20.1. The smallest absolute Gasteiger partial charge is 0.326 e. The molecule has 2 rings (SSSR count). The number of thiol groups is 1. The lowest BCUT2D eigenvalue weighted by Crippen LogP contribution is -2.58. The Bertz CT molecular complexity index is 1050. The highest BCUT2D eigenvalue weighted by atomic mass is 32.1. The van der Waals surface area contributed by atoms with Crippen LogP contribution in [0.4, 0.5) is 0 Å². The summed E-state index contributed by atoms with van der Waals surface area (Å²) in [6.07, 6.45) is 2.19. The van der Waals surface area contributed by atoms with E-state index < -0.39 is 60.2 Å². The summed E-state index contributed by atoms with van der Waals surface area (Å²) in [6, 6.07) is 3.67. The minimum absolute atomic E-state index is 0.00218. The van der Waals surface area contributed by atoms with Crippen molar-refractivity contribution in [2.75, 3.05) is 5.75 Å². The largest absolute Gasteiger partial charge is 0.480 e. The highest BCUT2D eigenvalue weighted by molar-refractivity contribution is 7.80. The van der Waals surface area contributed by atoms with E-state index in [9.17, 15) is 29.1 Å². The minimum atomic E-state index is -1.41.